The van der Waals surface area contributed by atoms with Gasteiger partial charge in [0.1, 0.15) is 50.7 Å². The molecule has 1 aromatic carbocycles. The first-order valence-electron chi connectivity index (χ1n) is 22.3. The van der Waals surface area contributed by atoms with E-state index in [-0.39, 0.29) is 48.4 Å². The van der Waals surface area contributed by atoms with Crippen LogP contribution in [-0.4, -0.2) is 105 Å². The number of aryl methyl sites for hydroxylation is 4. The third kappa shape index (κ3) is 10.6. The van der Waals surface area contributed by atoms with Crippen LogP contribution in [0.2, 0.25) is 0 Å². The standard InChI is InChI=1S/C45H53N13O8.C2H6/c1-10-28-37(65-25(4)49-28)42(61)53-43-51-29-20-26(38(46)59)21-33(64-18-14-15-55(8)44(62)66-45(5,6)7)35(29)57(43)17-13-12-16-56-36-32(63-9)22-30(39(47)60)50-34(36)27-23-48-40(52-41(27)56)31-19-24(3)54-58(31)11-2;1-2/h12-13,19-23H,10-11,14-18H2,1-9H3,(H2,46,59)(H2,47,60)(H,51,53,61);1-2H3/b13-12+;. The number of ether oxygens (including phenoxy) is 3. The number of hydrogen-bond donors (Lipinski definition) is 3. The number of carbonyl (C=O) groups is 4. The fraction of sp³-hybridized carbons (Fsp3) is 0.404. The summed E-state index contributed by atoms with van der Waals surface area (Å²) in [6.07, 6.45) is 5.79. The molecule has 4 amide bonds. The first-order chi connectivity index (χ1) is 32.4. The summed E-state index contributed by atoms with van der Waals surface area (Å²) < 4.78 is 28.7. The van der Waals surface area contributed by atoms with Gasteiger partial charge in [0, 0.05) is 58.0 Å². The molecule has 360 valence electrons. The summed E-state index contributed by atoms with van der Waals surface area (Å²) in [7, 11) is 3.12. The number of benzene rings is 1. The van der Waals surface area contributed by atoms with E-state index in [9.17, 15) is 19.2 Å². The summed E-state index contributed by atoms with van der Waals surface area (Å²) in [5, 5.41) is 8.02. The Kier molecular flexibility index (Phi) is 15.1. The maximum Gasteiger partial charge on any atom is 0.410 e. The molecule has 0 unspecified atom stereocenters. The number of aromatic nitrogens is 9. The molecule has 0 saturated carbocycles. The molecule has 6 aromatic heterocycles. The molecule has 21 nitrogen and oxygen atoms in total. The Morgan fingerprint density at radius 1 is 0.912 bits per heavy atom. The predicted octanol–water partition coefficient (Wildman–Crippen LogP) is 6.76. The van der Waals surface area contributed by atoms with Gasteiger partial charge in [0.15, 0.2) is 11.7 Å². The van der Waals surface area contributed by atoms with E-state index in [0.717, 1.165) is 11.4 Å². The van der Waals surface area contributed by atoms with Crippen molar-refractivity contribution in [2.24, 2.45) is 11.5 Å². The largest absolute Gasteiger partial charge is 0.494 e. The molecule has 68 heavy (non-hydrogen) atoms. The van der Waals surface area contributed by atoms with Gasteiger partial charge in [-0.15, -0.1) is 0 Å². The van der Waals surface area contributed by atoms with Crippen molar-refractivity contribution in [3.8, 4) is 23.0 Å². The van der Waals surface area contributed by atoms with Crippen LogP contribution >= 0.6 is 0 Å². The topological polar surface area (TPSA) is 269 Å². The second kappa shape index (κ2) is 20.8. The lowest BCUT2D eigenvalue weighted by Gasteiger charge is -2.24. The fourth-order valence-electron chi connectivity index (χ4n) is 7.44. The molecule has 0 saturated heterocycles. The van der Waals surface area contributed by atoms with Crippen molar-refractivity contribution in [3.05, 3.63) is 76.9 Å². The second-order valence-electron chi connectivity index (χ2n) is 16.4. The van der Waals surface area contributed by atoms with E-state index < -0.39 is 29.4 Å². The molecule has 6 heterocycles. The maximum atomic E-state index is 13.8. The van der Waals surface area contributed by atoms with Gasteiger partial charge in [-0.05, 0) is 65.7 Å². The van der Waals surface area contributed by atoms with Gasteiger partial charge in [-0.2, -0.15) is 5.10 Å². The van der Waals surface area contributed by atoms with Crippen LogP contribution in [0.3, 0.4) is 0 Å². The van der Waals surface area contributed by atoms with Gasteiger partial charge in [-0.25, -0.2) is 29.7 Å². The van der Waals surface area contributed by atoms with Gasteiger partial charge < -0.3 is 44.1 Å². The first kappa shape index (κ1) is 49.6. The average Bonchev–Trinajstić information content (AvgIpc) is 4.06. The molecule has 7 rings (SSSR count). The van der Waals surface area contributed by atoms with Gasteiger partial charge in [-0.3, -0.25) is 24.4 Å². The van der Waals surface area contributed by atoms with Crippen LogP contribution in [0.15, 0.2) is 47.0 Å². The number of nitrogens with one attached hydrogen (secondary N) is 1. The van der Waals surface area contributed by atoms with Crippen LogP contribution in [-0.2, 0) is 30.8 Å². The normalized spacial score (nSPS) is 11.6. The van der Waals surface area contributed by atoms with Crippen LogP contribution in [0.25, 0.3) is 44.6 Å². The number of nitrogens with zero attached hydrogens (tertiary/aromatic N) is 10. The summed E-state index contributed by atoms with van der Waals surface area (Å²) in [6, 6.07) is 6.43. The third-order valence-corrected chi connectivity index (χ3v) is 10.4. The van der Waals surface area contributed by atoms with Crippen molar-refractivity contribution in [2.75, 3.05) is 32.6 Å². The zero-order valence-corrected chi connectivity index (χ0v) is 40.4. The monoisotopic (exact) mass is 933 g/mol. The molecule has 0 aliphatic rings. The smallest absolute Gasteiger partial charge is 0.410 e. The highest BCUT2D eigenvalue weighted by Gasteiger charge is 2.25. The summed E-state index contributed by atoms with van der Waals surface area (Å²) in [5.41, 5.74) is 15.2. The molecule has 0 radical (unpaired) electrons. The van der Waals surface area contributed by atoms with Crippen molar-refractivity contribution in [2.45, 2.75) is 100 Å². The SMILES string of the molecule is CC.CCc1nc(C)oc1C(=O)Nc1nc2cc(C(N)=O)cc(OCCCN(C)C(=O)OC(C)(C)C)c2n1C/C=C/Cn1c2nc(-c3cc(C)nn3CC)ncc2c2nc(C(N)=O)cc(OC)c21. The van der Waals surface area contributed by atoms with Crippen molar-refractivity contribution in [3.63, 3.8) is 0 Å². The van der Waals surface area contributed by atoms with Crippen LogP contribution in [0.1, 0.15) is 104 Å². The average molecular weight is 934 g/mol. The lowest BCUT2D eigenvalue weighted by Crippen LogP contribution is -2.35. The van der Waals surface area contributed by atoms with Gasteiger partial charge >= 0.3 is 6.09 Å². The number of amides is 4. The number of methoxy groups -OCH3 is 1. The van der Waals surface area contributed by atoms with Gasteiger partial charge in [-0.1, -0.05) is 32.9 Å². The Morgan fingerprint density at radius 3 is 2.28 bits per heavy atom. The number of primary amides is 2. The molecule has 0 atom stereocenters. The highest BCUT2D eigenvalue weighted by molar-refractivity contribution is 6.08. The van der Waals surface area contributed by atoms with E-state index in [2.05, 4.69) is 25.4 Å². The number of rotatable bonds is 17. The first-order valence-corrected chi connectivity index (χ1v) is 22.3. The minimum Gasteiger partial charge on any atom is -0.494 e. The molecular weight excluding hydrogens is 875 g/mol. The Balaban J connectivity index is 0.00000376. The molecule has 0 aliphatic carbocycles. The Hall–Kier alpha value is -7.84. The number of oxazole rings is 1. The van der Waals surface area contributed by atoms with Crippen molar-refractivity contribution in [1.29, 1.82) is 0 Å². The third-order valence-electron chi connectivity index (χ3n) is 10.4. The fourth-order valence-corrected chi connectivity index (χ4v) is 7.44. The van der Waals surface area contributed by atoms with Crippen LogP contribution < -0.4 is 26.3 Å². The Bertz CT molecular complexity index is 3040. The van der Waals surface area contributed by atoms with E-state index in [1.807, 2.05) is 62.1 Å². The van der Waals surface area contributed by atoms with E-state index in [1.54, 1.807) is 45.5 Å². The number of pyridine rings is 1. The van der Waals surface area contributed by atoms with Crippen LogP contribution in [0, 0.1) is 13.8 Å². The summed E-state index contributed by atoms with van der Waals surface area (Å²) >= 11 is 0. The number of anilines is 1. The second-order valence-corrected chi connectivity index (χ2v) is 16.4. The zero-order chi connectivity index (χ0) is 49.6. The molecule has 5 N–H and O–H groups in total. The zero-order valence-electron chi connectivity index (χ0n) is 40.4. The number of imidazole rings is 1. The Morgan fingerprint density at radius 2 is 1.63 bits per heavy atom. The molecule has 7 aromatic rings. The minimum atomic E-state index is -0.727. The maximum absolute atomic E-state index is 13.8. The molecule has 0 aliphatic heterocycles. The van der Waals surface area contributed by atoms with Gasteiger partial charge in [0.05, 0.1) is 36.0 Å². The van der Waals surface area contributed by atoms with Gasteiger partial charge in [0.25, 0.3) is 11.8 Å². The highest BCUT2D eigenvalue weighted by Crippen LogP contribution is 2.35. The number of hydrogen-bond acceptors (Lipinski definition) is 14. The molecular formula is C47H59N13O8. The number of fused-ring (bicyclic) bond motifs is 4. The van der Waals surface area contributed by atoms with E-state index >= 15 is 0 Å². The summed E-state index contributed by atoms with van der Waals surface area (Å²) in [6.45, 7) is 18.2. The van der Waals surface area contributed by atoms with Crippen LogP contribution in [0.5, 0.6) is 11.5 Å². The van der Waals surface area contributed by atoms with Crippen molar-refractivity contribution >= 4 is 62.9 Å². The van der Waals surface area contributed by atoms with Crippen molar-refractivity contribution < 1.29 is 37.8 Å². The molecule has 0 spiro atoms. The highest BCUT2D eigenvalue weighted by atomic mass is 16.6. The van der Waals surface area contributed by atoms with E-state index in [1.165, 1.54) is 30.2 Å². The summed E-state index contributed by atoms with van der Waals surface area (Å²) in [4.78, 5) is 76.3. The molecule has 0 fully saturated rings. The predicted molar refractivity (Wildman–Crippen MR) is 256 cm³/mol. The van der Waals surface area contributed by atoms with Crippen LogP contribution in [0.4, 0.5) is 10.7 Å². The summed E-state index contributed by atoms with van der Waals surface area (Å²) in [5.74, 6) is -0.476. The minimum absolute atomic E-state index is 0.0124. The quantitative estimate of drug-likeness (QED) is 0.0629. The lowest BCUT2D eigenvalue weighted by atomic mass is 10.1. The van der Waals surface area contributed by atoms with Gasteiger partial charge in [0.2, 0.25) is 17.6 Å². The number of allylic oxidation sites excluding steroid dienone is 2. The van der Waals surface area contributed by atoms with E-state index in [0.29, 0.717) is 82.2 Å². The lowest BCUT2D eigenvalue weighted by molar-refractivity contribution is 0.0291. The Labute approximate surface area is 392 Å². The van der Waals surface area contributed by atoms with Crippen molar-refractivity contribution in [1.82, 2.24) is 48.7 Å². The van der Waals surface area contributed by atoms with E-state index in [4.69, 9.17) is 40.1 Å². The number of nitrogens with two attached hydrogens (primary N) is 2. The number of carbonyl (C=O) groups excluding carboxylic acids is 4. The molecule has 21 heteroatoms. The molecule has 0 bridgehead atoms.